The third-order valence-corrected chi connectivity index (χ3v) is 3.64. The molecule has 1 aromatic heterocycles. The normalized spacial score (nSPS) is 12.2. The lowest BCUT2D eigenvalue weighted by molar-refractivity contribution is 0.649. The maximum absolute atomic E-state index is 6.00. The largest absolute Gasteiger partial charge is 0.355 e. The highest BCUT2D eigenvalue weighted by Gasteiger charge is 2.06. The number of pyridine rings is 1. The van der Waals surface area contributed by atoms with Crippen LogP contribution >= 0.6 is 11.6 Å². The van der Waals surface area contributed by atoms with Gasteiger partial charge in [-0.3, -0.25) is 0 Å². The van der Waals surface area contributed by atoms with Gasteiger partial charge in [0.05, 0.1) is 0 Å². The quantitative estimate of drug-likeness (QED) is 0.911. The fourth-order valence-corrected chi connectivity index (χ4v) is 2.25. The molecule has 0 fully saturated rings. The predicted octanol–water partition coefficient (Wildman–Crippen LogP) is 3.65. The molecule has 1 aromatic carbocycles. The topological polar surface area (TPSA) is 28.2 Å². The fraction of sp³-hybridized carbons (Fsp3) is 0.312. The van der Waals surface area contributed by atoms with E-state index in [-0.39, 0.29) is 0 Å². The number of nitrogens with one attached hydrogen (secondary N) is 1. The Bertz CT molecular complexity index is 554. The van der Waals surface area contributed by atoms with Crippen LogP contribution in [0.3, 0.4) is 0 Å². The number of hydrogen-bond donors (Lipinski definition) is 1. The second kappa shape index (κ2) is 6.73. The van der Waals surface area contributed by atoms with Crippen LogP contribution in [0.1, 0.15) is 24.1 Å². The average Bonchev–Trinajstić information content (AvgIpc) is 2.46. The molecule has 0 radical (unpaired) electrons. The molecule has 106 valence electrons. The number of halogens is 1. The van der Waals surface area contributed by atoms with Gasteiger partial charge >= 0.3 is 0 Å². The number of rotatable bonds is 5. The molecule has 3 nitrogen and oxygen atoms in total. The minimum absolute atomic E-state index is 0.315. The molecule has 0 spiro atoms. The summed E-state index contributed by atoms with van der Waals surface area (Å²) >= 11 is 6.00. The Morgan fingerprint density at radius 1 is 1.30 bits per heavy atom. The van der Waals surface area contributed by atoms with Crippen LogP contribution in [-0.4, -0.2) is 19.1 Å². The highest BCUT2D eigenvalue weighted by Crippen LogP contribution is 2.18. The molecule has 2 rings (SSSR count). The van der Waals surface area contributed by atoms with E-state index in [0.717, 1.165) is 17.4 Å². The van der Waals surface area contributed by atoms with Crippen molar-refractivity contribution >= 4 is 17.4 Å². The molecule has 0 aliphatic heterocycles. The average molecular weight is 290 g/mol. The maximum Gasteiger partial charge on any atom is 0.128 e. The molecule has 1 heterocycles. The summed E-state index contributed by atoms with van der Waals surface area (Å²) < 4.78 is 0. The summed E-state index contributed by atoms with van der Waals surface area (Å²) in [5.41, 5.74) is 2.36. The molecule has 0 saturated carbocycles. The zero-order valence-corrected chi connectivity index (χ0v) is 12.9. The number of hydrogen-bond acceptors (Lipinski definition) is 3. The van der Waals surface area contributed by atoms with Gasteiger partial charge in [0.25, 0.3) is 0 Å². The third-order valence-electron chi connectivity index (χ3n) is 3.40. The second-order valence-electron chi connectivity index (χ2n) is 4.95. The van der Waals surface area contributed by atoms with Gasteiger partial charge in [0.1, 0.15) is 5.82 Å². The first-order valence-electron chi connectivity index (χ1n) is 6.69. The van der Waals surface area contributed by atoms with E-state index in [1.54, 1.807) is 0 Å². The summed E-state index contributed by atoms with van der Waals surface area (Å²) in [6, 6.07) is 12.4. The van der Waals surface area contributed by atoms with E-state index in [4.69, 9.17) is 11.6 Å². The summed E-state index contributed by atoms with van der Waals surface area (Å²) in [4.78, 5) is 6.63. The smallest absolute Gasteiger partial charge is 0.128 e. The van der Waals surface area contributed by atoms with Crippen molar-refractivity contribution in [3.63, 3.8) is 0 Å². The zero-order chi connectivity index (χ0) is 14.5. The van der Waals surface area contributed by atoms with Gasteiger partial charge in [0.15, 0.2) is 0 Å². The van der Waals surface area contributed by atoms with Crippen molar-refractivity contribution in [2.45, 2.75) is 19.5 Å². The van der Waals surface area contributed by atoms with E-state index in [9.17, 15) is 0 Å². The SMILES string of the molecule is CNC(C)c1ccc(N(C)Cc2cccc(Cl)c2)nc1. The molecule has 0 bridgehead atoms. The van der Waals surface area contributed by atoms with E-state index in [0.29, 0.717) is 6.04 Å². The van der Waals surface area contributed by atoms with Crippen LogP contribution in [0.4, 0.5) is 5.82 Å². The van der Waals surface area contributed by atoms with Crippen LogP contribution in [0.5, 0.6) is 0 Å². The Labute approximate surface area is 125 Å². The van der Waals surface area contributed by atoms with E-state index in [1.165, 1.54) is 11.1 Å². The molecule has 0 aliphatic rings. The molecule has 1 atom stereocenters. The summed E-state index contributed by atoms with van der Waals surface area (Å²) in [5.74, 6) is 0.956. The van der Waals surface area contributed by atoms with Gasteiger partial charge in [-0.1, -0.05) is 29.8 Å². The van der Waals surface area contributed by atoms with Crippen LogP contribution < -0.4 is 10.2 Å². The van der Waals surface area contributed by atoms with Crippen molar-refractivity contribution in [2.24, 2.45) is 0 Å². The minimum Gasteiger partial charge on any atom is -0.355 e. The van der Waals surface area contributed by atoms with Gasteiger partial charge in [-0.2, -0.15) is 0 Å². The Morgan fingerprint density at radius 2 is 2.10 bits per heavy atom. The van der Waals surface area contributed by atoms with E-state index < -0.39 is 0 Å². The maximum atomic E-state index is 6.00. The first-order chi connectivity index (χ1) is 9.60. The van der Waals surface area contributed by atoms with Crippen LogP contribution in [0, 0.1) is 0 Å². The molecular weight excluding hydrogens is 270 g/mol. The Balaban J connectivity index is 2.07. The van der Waals surface area contributed by atoms with Gasteiger partial charge in [0, 0.05) is 30.9 Å². The number of aromatic nitrogens is 1. The van der Waals surface area contributed by atoms with Crippen molar-refractivity contribution < 1.29 is 0 Å². The van der Waals surface area contributed by atoms with E-state index in [2.05, 4.69) is 34.3 Å². The molecule has 1 unspecified atom stereocenters. The van der Waals surface area contributed by atoms with Crippen LogP contribution in [0.2, 0.25) is 5.02 Å². The monoisotopic (exact) mass is 289 g/mol. The molecule has 0 saturated heterocycles. The van der Waals surface area contributed by atoms with Crippen molar-refractivity contribution in [3.8, 4) is 0 Å². The lowest BCUT2D eigenvalue weighted by Gasteiger charge is -2.19. The summed E-state index contributed by atoms with van der Waals surface area (Å²) in [6.07, 6.45) is 1.92. The van der Waals surface area contributed by atoms with Crippen LogP contribution in [0.25, 0.3) is 0 Å². The van der Waals surface area contributed by atoms with E-state index >= 15 is 0 Å². The minimum atomic E-state index is 0.315. The highest BCUT2D eigenvalue weighted by molar-refractivity contribution is 6.30. The van der Waals surface area contributed by atoms with Gasteiger partial charge < -0.3 is 10.2 Å². The van der Waals surface area contributed by atoms with Gasteiger partial charge in [-0.15, -0.1) is 0 Å². The molecular formula is C16H20ClN3. The summed E-state index contributed by atoms with van der Waals surface area (Å²) in [7, 11) is 3.98. The van der Waals surface area contributed by atoms with Crippen molar-refractivity contribution in [1.29, 1.82) is 0 Å². The van der Waals surface area contributed by atoms with Gasteiger partial charge in [0.2, 0.25) is 0 Å². The summed E-state index contributed by atoms with van der Waals surface area (Å²) in [5, 5.41) is 3.97. The molecule has 20 heavy (non-hydrogen) atoms. The van der Waals surface area contributed by atoms with Crippen molar-refractivity contribution in [2.75, 3.05) is 19.0 Å². The van der Waals surface area contributed by atoms with Crippen LogP contribution in [-0.2, 0) is 6.54 Å². The van der Waals surface area contributed by atoms with Crippen molar-refractivity contribution in [3.05, 3.63) is 58.7 Å². The molecule has 2 aromatic rings. The predicted molar refractivity (Wildman–Crippen MR) is 85.3 cm³/mol. The number of nitrogens with zero attached hydrogens (tertiary/aromatic N) is 2. The fourth-order valence-electron chi connectivity index (χ4n) is 2.04. The zero-order valence-electron chi connectivity index (χ0n) is 12.1. The van der Waals surface area contributed by atoms with Gasteiger partial charge in [-0.25, -0.2) is 4.98 Å². The van der Waals surface area contributed by atoms with Crippen molar-refractivity contribution in [1.82, 2.24) is 10.3 Å². The first kappa shape index (κ1) is 14.8. The number of anilines is 1. The first-order valence-corrected chi connectivity index (χ1v) is 7.06. The van der Waals surface area contributed by atoms with E-state index in [1.807, 2.05) is 44.6 Å². The highest BCUT2D eigenvalue weighted by atomic mass is 35.5. The Kier molecular flexibility index (Phi) is 4.99. The molecule has 1 N–H and O–H groups in total. The second-order valence-corrected chi connectivity index (χ2v) is 5.38. The molecule has 0 aliphatic carbocycles. The molecule has 0 amide bonds. The Morgan fingerprint density at radius 3 is 2.70 bits per heavy atom. The number of benzene rings is 1. The summed E-state index contributed by atoms with van der Waals surface area (Å²) in [6.45, 7) is 2.90. The standard InChI is InChI=1S/C16H20ClN3/c1-12(18-2)14-7-8-16(19-10-14)20(3)11-13-5-4-6-15(17)9-13/h4-10,12,18H,11H2,1-3H3. The van der Waals surface area contributed by atoms with Crippen LogP contribution in [0.15, 0.2) is 42.6 Å². The third kappa shape index (κ3) is 3.71. The van der Waals surface area contributed by atoms with Gasteiger partial charge in [-0.05, 0) is 43.3 Å². The lowest BCUT2D eigenvalue weighted by atomic mass is 10.1. The Hall–Kier alpha value is -1.58. The molecule has 4 heteroatoms. The lowest BCUT2D eigenvalue weighted by Crippen LogP contribution is -2.18.